The molecule has 3 aromatic rings. The Labute approximate surface area is 172 Å². The van der Waals surface area contributed by atoms with Crippen molar-refractivity contribution in [3.63, 3.8) is 0 Å². The lowest BCUT2D eigenvalue weighted by Crippen LogP contribution is -2.27. The number of hydrogen-bond acceptors (Lipinski definition) is 4. The first kappa shape index (κ1) is 18.5. The molecule has 1 saturated carbocycles. The highest BCUT2D eigenvalue weighted by atomic mass is 35.5. The van der Waals surface area contributed by atoms with Crippen molar-refractivity contribution in [1.29, 1.82) is 0 Å². The Balaban J connectivity index is 1.17. The Morgan fingerprint density at radius 2 is 1.66 bits per heavy atom. The summed E-state index contributed by atoms with van der Waals surface area (Å²) >= 11 is 6.14. The molecule has 4 nitrogen and oxygen atoms in total. The standard InChI is InChI=1S/C22H19ClF2N4/c23-19-6-5-15(25)9-16(19)20-7-8-21(28-27-20)26-22-17-11-29(12-18(17)22)10-13-1-3-14(24)4-2-13/h1-9,17-18,22H,10-12H2,(H,26,28)/t17-,18+,22?. The molecule has 148 valence electrons. The zero-order chi connectivity index (χ0) is 20.0. The van der Waals surface area contributed by atoms with E-state index in [1.54, 1.807) is 6.07 Å². The molecule has 2 fully saturated rings. The highest BCUT2D eigenvalue weighted by Crippen LogP contribution is 2.47. The molecule has 3 atom stereocenters. The van der Waals surface area contributed by atoms with Gasteiger partial charge in [-0.1, -0.05) is 23.7 Å². The van der Waals surface area contributed by atoms with Gasteiger partial charge in [0.2, 0.25) is 0 Å². The van der Waals surface area contributed by atoms with Crippen LogP contribution in [0.2, 0.25) is 5.02 Å². The second-order valence-corrected chi connectivity index (χ2v) is 8.15. The molecule has 2 aliphatic rings. The predicted molar refractivity (Wildman–Crippen MR) is 109 cm³/mol. The summed E-state index contributed by atoms with van der Waals surface area (Å²) in [6.45, 7) is 2.89. The third-order valence-corrected chi connectivity index (χ3v) is 6.10. The van der Waals surface area contributed by atoms with E-state index in [1.807, 2.05) is 18.2 Å². The van der Waals surface area contributed by atoms with E-state index in [9.17, 15) is 8.78 Å². The minimum absolute atomic E-state index is 0.200. The Morgan fingerprint density at radius 3 is 2.34 bits per heavy atom. The number of anilines is 1. The van der Waals surface area contributed by atoms with E-state index in [0.29, 0.717) is 40.0 Å². The van der Waals surface area contributed by atoms with Crippen LogP contribution in [0.15, 0.2) is 54.6 Å². The predicted octanol–water partition coefficient (Wildman–Crippen LogP) is 4.62. The molecule has 0 spiro atoms. The highest BCUT2D eigenvalue weighted by Gasteiger charge is 2.55. The van der Waals surface area contributed by atoms with Crippen LogP contribution in [0.1, 0.15) is 5.56 Å². The molecule has 0 radical (unpaired) electrons. The number of fused-ring (bicyclic) bond motifs is 1. The monoisotopic (exact) mass is 412 g/mol. The molecule has 7 heteroatoms. The maximum atomic E-state index is 13.5. The van der Waals surface area contributed by atoms with Gasteiger partial charge in [0.25, 0.3) is 0 Å². The van der Waals surface area contributed by atoms with Gasteiger partial charge in [0.1, 0.15) is 17.5 Å². The second kappa shape index (κ2) is 7.35. The van der Waals surface area contributed by atoms with Crippen molar-refractivity contribution in [1.82, 2.24) is 15.1 Å². The van der Waals surface area contributed by atoms with Gasteiger partial charge in [-0.15, -0.1) is 10.2 Å². The molecule has 1 aromatic heterocycles. The maximum absolute atomic E-state index is 13.5. The van der Waals surface area contributed by atoms with Gasteiger partial charge in [0.05, 0.1) is 10.7 Å². The summed E-state index contributed by atoms with van der Waals surface area (Å²) in [5, 5.41) is 12.3. The highest BCUT2D eigenvalue weighted by molar-refractivity contribution is 6.33. The van der Waals surface area contributed by atoms with Gasteiger partial charge >= 0.3 is 0 Å². The topological polar surface area (TPSA) is 41.0 Å². The van der Waals surface area contributed by atoms with Gasteiger partial charge in [-0.2, -0.15) is 0 Å². The first-order valence-corrected chi connectivity index (χ1v) is 9.97. The molecule has 0 amide bonds. The fourth-order valence-electron chi connectivity index (χ4n) is 4.22. The molecule has 2 heterocycles. The maximum Gasteiger partial charge on any atom is 0.148 e. The van der Waals surface area contributed by atoms with E-state index in [1.165, 1.54) is 30.3 Å². The molecule has 29 heavy (non-hydrogen) atoms. The zero-order valence-corrected chi connectivity index (χ0v) is 16.3. The number of nitrogens with one attached hydrogen (secondary N) is 1. The lowest BCUT2D eigenvalue weighted by Gasteiger charge is -2.20. The van der Waals surface area contributed by atoms with Crippen LogP contribution in [0.4, 0.5) is 14.6 Å². The van der Waals surface area contributed by atoms with Crippen LogP contribution in [0.3, 0.4) is 0 Å². The number of aromatic nitrogens is 2. The largest absolute Gasteiger partial charge is 0.365 e. The smallest absolute Gasteiger partial charge is 0.148 e. The number of halogens is 3. The van der Waals surface area contributed by atoms with Crippen LogP contribution in [0.5, 0.6) is 0 Å². The van der Waals surface area contributed by atoms with E-state index in [4.69, 9.17) is 11.6 Å². The fourth-order valence-corrected chi connectivity index (χ4v) is 4.44. The zero-order valence-electron chi connectivity index (χ0n) is 15.5. The number of nitrogens with zero attached hydrogens (tertiary/aromatic N) is 3. The van der Waals surface area contributed by atoms with Crippen molar-refractivity contribution in [3.8, 4) is 11.3 Å². The van der Waals surface area contributed by atoms with Crippen LogP contribution >= 0.6 is 11.6 Å². The molecular weight excluding hydrogens is 394 g/mol. The Morgan fingerprint density at radius 1 is 0.931 bits per heavy atom. The van der Waals surface area contributed by atoms with Gasteiger partial charge in [-0.05, 0) is 59.9 Å². The number of likely N-dealkylation sites (tertiary alicyclic amines) is 1. The molecule has 2 aromatic carbocycles. The van der Waals surface area contributed by atoms with Gasteiger partial charge in [0.15, 0.2) is 0 Å². The van der Waals surface area contributed by atoms with E-state index >= 15 is 0 Å². The van der Waals surface area contributed by atoms with Crippen LogP contribution in [0.25, 0.3) is 11.3 Å². The van der Waals surface area contributed by atoms with Crippen molar-refractivity contribution in [2.75, 3.05) is 18.4 Å². The molecule has 5 rings (SSSR count). The molecule has 1 aliphatic heterocycles. The van der Waals surface area contributed by atoms with Crippen molar-refractivity contribution in [3.05, 3.63) is 76.8 Å². The van der Waals surface area contributed by atoms with E-state index in [-0.39, 0.29) is 11.6 Å². The van der Waals surface area contributed by atoms with Crippen molar-refractivity contribution in [2.45, 2.75) is 12.6 Å². The van der Waals surface area contributed by atoms with E-state index in [2.05, 4.69) is 20.4 Å². The summed E-state index contributed by atoms with van der Waals surface area (Å²) in [7, 11) is 0. The van der Waals surface area contributed by atoms with Gasteiger partial charge < -0.3 is 5.32 Å². The SMILES string of the molecule is Fc1ccc(CN2C[C@@H]3C(Nc4ccc(-c5cc(F)ccc5Cl)nn4)[C@@H]3C2)cc1. The van der Waals surface area contributed by atoms with Crippen molar-refractivity contribution in [2.24, 2.45) is 11.8 Å². The summed E-state index contributed by atoms with van der Waals surface area (Å²) in [4.78, 5) is 2.40. The summed E-state index contributed by atoms with van der Waals surface area (Å²) < 4.78 is 26.5. The quantitative estimate of drug-likeness (QED) is 0.664. The Kier molecular flexibility index (Phi) is 4.68. The molecule has 1 aliphatic carbocycles. The van der Waals surface area contributed by atoms with E-state index in [0.717, 1.165) is 25.2 Å². The summed E-state index contributed by atoms with van der Waals surface area (Å²) in [6.07, 6.45) is 0. The molecule has 1 N–H and O–H groups in total. The summed E-state index contributed by atoms with van der Waals surface area (Å²) in [6, 6.07) is 15.0. The van der Waals surface area contributed by atoms with Crippen molar-refractivity contribution >= 4 is 17.4 Å². The number of hydrogen-bond donors (Lipinski definition) is 1. The van der Waals surface area contributed by atoms with Crippen LogP contribution in [-0.4, -0.2) is 34.2 Å². The third kappa shape index (κ3) is 3.82. The second-order valence-electron chi connectivity index (χ2n) is 7.75. The van der Waals surface area contributed by atoms with Gasteiger partial charge in [-0.3, -0.25) is 4.90 Å². The normalized spacial score (nSPS) is 23.1. The van der Waals surface area contributed by atoms with E-state index < -0.39 is 0 Å². The average Bonchev–Trinajstić information content (AvgIpc) is 3.16. The van der Waals surface area contributed by atoms with Gasteiger partial charge in [0, 0.05) is 31.2 Å². The molecular formula is C22H19ClF2N4. The van der Waals surface area contributed by atoms with Crippen LogP contribution in [-0.2, 0) is 6.54 Å². The Hall–Kier alpha value is -2.57. The molecule has 1 saturated heterocycles. The molecule has 0 bridgehead atoms. The fraction of sp³-hybridized carbons (Fsp3) is 0.273. The lowest BCUT2D eigenvalue weighted by atomic mass is 10.1. The van der Waals surface area contributed by atoms with Crippen LogP contribution in [0, 0.1) is 23.5 Å². The number of benzene rings is 2. The van der Waals surface area contributed by atoms with Gasteiger partial charge in [-0.25, -0.2) is 8.78 Å². The van der Waals surface area contributed by atoms with Crippen LogP contribution < -0.4 is 5.32 Å². The first-order chi connectivity index (χ1) is 14.1. The minimum Gasteiger partial charge on any atom is -0.365 e. The van der Waals surface area contributed by atoms with Crippen molar-refractivity contribution < 1.29 is 8.78 Å². The first-order valence-electron chi connectivity index (χ1n) is 9.59. The Bertz CT molecular complexity index is 1010. The third-order valence-electron chi connectivity index (χ3n) is 5.77. The average molecular weight is 413 g/mol. The number of rotatable bonds is 5. The summed E-state index contributed by atoms with van der Waals surface area (Å²) in [5.74, 6) is 1.34. The lowest BCUT2D eigenvalue weighted by molar-refractivity contribution is 0.292. The molecule has 1 unspecified atom stereocenters. The summed E-state index contributed by atoms with van der Waals surface area (Å²) in [5.41, 5.74) is 2.21. The number of piperidine rings is 1. The minimum atomic E-state index is -0.357.